The van der Waals surface area contributed by atoms with Crippen LogP contribution in [-0.2, 0) is 16.4 Å². The summed E-state index contributed by atoms with van der Waals surface area (Å²) in [5.41, 5.74) is 0.831. The molecule has 0 aliphatic rings. The molecular formula is C13H12BrF3N2O2S2. The van der Waals surface area contributed by atoms with E-state index in [-0.39, 0.29) is 15.7 Å². The van der Waals surface area contributed by atoms with Crippen LogP contribution in [0.15, 0.2) is 26.9 Å². The number of thiazole rings is 1. The largest absolute Gasteiger partial charge is 0.394 e. The Hall–Kier alpha value is -1.13. The van der Waals surface area contributed by atoms with Crippen molar-refractivity contribution in [2.45, 2.75) is 31.3 Å². The number of aryl methyl sites for hydroxylation is 2. The van der Waals surface area contributed by atoms with Gasteiger partial charge in [0.2, 0.25) is 0 Å². The van der Waals surface area contributed by atoms with Crippen LogP contribution in [0.1, 0.15) is 16.8 Å². The maximum absolute atomic E-state index is 12.5. The van der Waals surface area contributed by atoms with Crippen molar-refractivity contribution in [1.29, 1.82) is 0 Å². The molecule has 0 fully saturated rings. The summed E-state index contributed by atoms with van der Waals surface area (Å²) in [5.74, 6) is 0. The van der Waals surface area contributed by atoms with Gasteiger partial charge >= 0.3 is 6.18 Å². The van der Waals surface area contributed by atoms with Crippen LogP contribution in [0.2, 0.25) is 0 Å². The number of benzene rings is 1. The lowest BCUT2D eigenvalue weighted by Gasteiger charge is -2.12. The zero-order chi connectivity index (χ0) is 17.4. The number of halogens is 4. The van der Waals surface area contributed by atoms with E-state index < -0.39 is 22.6 Å². The van der Waals surface area contributed by atoms with Gasteiger partial charge in [-0.15, -0.1) is 11.3 Å². The molecule has 0 spiro atoms. The first-order chi connectivity index (χ1) is 10.5. The lowest BCUT2D eigenvalue weighted by molar-refractivity contribution is -0.127. The SMILES string of the molecule is Cc1cc(Br)cc(C)c1S(=O)(=O)Nc1nc(CC(F)(F)F)cs1. The van der Waals surface area contributed by atoms with Gasteiger partial charge in [-0.05, 0) is 37.1 Å². The molecule has 1 aromatic carbocycles. The van der Waals surface area contributed by atoms with Gasteiger partial charge in [0.05, 0.1) is 17.0 Å². The fraction of sp³-hybridized carbons (Fsp3) is 0.308. The molecule has 1 heterocycles. The van der Waals surface area contributed by atoms with Crippen molar-refractivity contribution in [1.82, 2.24) is 4.98 Å². The molecule has 0 atom stereocenters. The molecule has 4 nitrogen and oxygen atoms in total. The van der Waals surface area contributed by atoms with Crippen LogP contribution >= 0.6 is 27.3 Å². The van der Waals surface area contributed by atoms with E-state index in [0.29, 0.717) is 11.1 Å². The molecule has 0 aliphatic carbocycles. The summed E-state index contributed by atoms with van der Waals surface area (Å²) in [6.45, 7) is 3.28. The Morgan fingerprint density at radius 2 is 1.83 bits per heavy atom. The standard InChI is InChI=1S/C13H12BrF3N2O2S2/c1-7-3-9(14)4-8(2)11(7)23(20,21)19-12-18-10(6-22-12)5-13(15,16)17/h3-4,6H,5H2,1-2H3,(H,18,19). The topological polar surface area (TPSA) is 59.1 Å². The van der Waals surface area contributed by atoms with Gasteiger partial charge in [0.15, 0.2) is 5.13 Å². The third-order valence-corrected chi connectivity index (χ3v) is 5.89. The van der Waals surface area contributed by atoms with E-state index in [2.05, 4.69) is 25.6 Å². The molecular weight excluding hydrogens is 417 g/mol. The predicted octanol–water partition coefficient (Wildman–Crippen LogP) is 4.43. The van der Waals surface area contributed by atoms with Crippen molar-refractivity contribution in [2.24, 2.45) is 0 Å². The Labute approximate surface area is 143 Å². The van der Waals surface area contributed by atoms with E-state index in [4.69, 9.17) is 0 Å². The van der Waals surface area contributed by atoms with E-state index in [1.165, 1.54) is 5.38 Å². The third-order valence-electron chi connectivity index (χ3n) is 2.85. The Morgan fingerprint density at radius 1 is 1.26 bits per heavy atom. The molecule has 0 bridgehead atoms. The smallest absolute Gasteiger partial charge is 0.255 e. The first-order valence-corrected chi connectivity index (χ1v) is 9.44. The number of alkyl halides is 3. The average molecular weight is 429 g/mol. The minimum atomic E-state index is -4.39. The predicted molar refractivity (Wildman–Crippen MR) is 86.3 cm³/mol. The van der Waals surface area contributed by atoms with Gasteiger partial charge in [0.1, 0.15) is 0 Å². The highest BCUT2D eigenvalue weighted by molar-refractivity contribution is 9.10. The zero-order valence-electron chi connectivity index (χ0n) is 12.0. The first-order valence-electron chi connectivity index (χ1n) is 6.29. The number of hydrogen-bond donors (Lipinski definition) is 1. The maximum atomic E-state index is 12.5. The summed E-state index contributed by atoms with van der Waals surface area (Å²) in [4.78, 5) is 3.77. The minimum absolute atomic E-state index is 0.0910. The Kier molecular flexibility index (Phi) is 5.07. The van der Waals surface area contributed by atoms with E-state index in [1.54, 1.807) is 26.0 Å². The summed E-state index contributed by atoms with van der Waals surface area (Å²) < 4.78 is 64.9. The third kappa shape index (κ3) is 4.67. The molecule has 1 N–H and O–H groups in total. The summed E-state index contributed by atoms with van der Waals surface area (Å²) in [6, 6.07) is 3.30. The van der Waals surface area contributed by atoms with Crippen LogP contribution in [0.3, 0.4) is 0 Å². The molecule has 0 amide bonds. The molecule has 0 radical (unpaired) electrons. The van der Waals surface area contributed by atoms with Crippen molar-refractivity contribution >= 4 is 42.4 Å². The monoisotopic (exact) mass is 428 g/mol. The van der Waals surface area contributed by atoms with Crippen LogP contribution in [0.5, 0.6) is 0 Å². The Morgan fingerprint density at radius 3 is 2.35 bits per heavy atom. The average Bonchev–Trinajstić information content (AvgIpc) is 2.70. The molecule has 2 rings (SSSR count). The van der Waals surface area contributed by atoms with Crippen molar-refractivity contribution < 1.29 is 21.6 Å². The second-order valence-electron chi connectivity index (χ2n) is 4.91. The first kappa shape index (κ1) is 18.2. The van der Waals surface area contributed by atoms with E-state index in [9.17, 15) is 21.6 Å². The number of rotatable bonds is 4. The van der Waals surface area contributed by atoms with E-state index >= 15 is 0 Å². The number of sulfonamides is 1. The van der Waals surface area contributed by atoms with Crippen LogP contribution < -0.4 is 4.72 Å². The second-order valence-corrected chi connectivity index (χ2v) is 8.30. The molecule has 1 aromatic heterocycles. The molecule has 23 heavy (non-hydrogen) atoms. The molecule has 0 aliphatic heterocycles. The van der Waals surface area contributed by atoms with Gasteiger partial charge in [-0.3, -0.25) is 4.72 Å². The molecule has 0 unspecified atom stereocenters. The highest BCUT2D eigenvalue weighted by Gasteiger charge is 2.29. The van der Waals surface area contributed by atoms with Crippen LogP contribution in [-0.4, -0.2) is 19.6 Å². The number of nitrogens with one attached hydrogen (secondary N) is 1. The maximum Gasteiger partial charge on any atom is 0.394 e. The van der Waals surface area contributed by atoms with Gasteiger partial charge in [-0.25, -0.2) is 13.4 Å². The van der Waals surface area contributed by atoms with Crippen molar-refractivity contribution in [3.8, 4) is 0 Å². The molecule has 10 heteroatoms. The van der Waals surface area contributed by atoms with Gasteiger partial charge in [0, 0.05) is 9.85 Å². The van der Waals surface area contributed by atoms with Crippen LogP contribution in [0.4, 0.5) is 18.3 Å². The second kappa shape index (κ2) is 6.40. The van der Waals surface area contributed by atoms with Gasteiger partial charge in [0.25, 0.3) is 10.0 Å². The zero-order valence-corrected chi connectivity index (χ0v) is 15.3. The lowest BCUT2D eigenvalue weighted by atomic mass is 10.2. The number of nitrogens with zero attached hydrogens (tertiary/aromatic N) is 1. The van der Waals surface area contributed by atoms with Crippen LogP contribution in [0, 0.1) is 13.8 Å². The van der Waals surface area contributed by atoms with Gasteiger partial charge in [-0.1, -0.05) is 15.9 Å². The summed E-state index contributed by atoms with van der Waals surface area (Å²) >= 11 is 4.10. The number of hydrogen-bond acceptors (Lipinski definition) is 4. The number of aromatic nitrogens is 1. The van der Waals surface area contributed by atoms with E-state index in [0.717, 1.165) is 15.8 Å². The highest BCUT2D eigenvalue weighted by atomic mass is 79.9. The highest BCUT2D eigenvalue weighted by Crippen LogP contribution is 2.29. The van der Waals surface area contributed by atoms with Crippen molar-refractivity contribution in [2.75, 3.05) is 4.72 Å². The van der Waals surface area contributed by atoms with Gasteiger partial charge < -0.3 is 0 Å². The Bertz CT molecular complexity index is 809. The van der Waals surface area contributed by atoms with Crippen molar-refractivity contribution in [3.63, 3.8) is 0 Å². The minimum Gasteiger partial charge on any atom is -0.255 e. The normalized spacial score (nSPS) is 12.4. The summed E-state index contributed by atoms with van der Waals surface area (Å²) in [6.07, 6.45) is -5.58. The molecule has 0 saturated carbocycles. The molecule has 0 saturated heterocycles. The molecule has 126 valence electrons. The van der Waals surface area contributed by atoms with Crippen LogP contribution in [0.25, 0.3) is 0 Å². The van der Waals surface area contributed by atoms with Gasteiger partial charge in [-0.2, -0.15) is 13.2 Å². The number of anilines is 1. The summed E-state index contributed by atoms with van der Waals surface area (Å²) in [5, 5.41) is 1.10. The van der Waals surface area contributed by atoms with Crippen molar-refractivity contribution in [3.05, 3.63) is 38.8 Å². The summed E-state index contributed by atoms with van der Waals surface area (Å²) in [7, 11) is -3.93. The van der Waals surface area contributed by atoms with E-state index in [1.807, 2.05) is 0 Å². The fourth-order valence-electron chi connectivity index (χ4n) is 2.13. The molecule has 2 aromatic rings. The fourth-order valence-corrected chi connectivity index (χ4v) is 5.23. The quantitative estimate of drug-likeness (QED) is 0.783. The lowest BCUT2D eigenvalue weighted by Crippen LogP contribution is -2.16. The Balaban J connectivity index is 2.29.